The summed E-state index contributed by atoms with van der Waals surface area (Å²) in [6.07, 6.45) is 3.33. The van der Waals surface area contributed by atoms with Gasteiger partial charge in [-0.15, -0.1) is 0 Å². The molecule has 25 heavy (non-hydrogen) atoms. The fourth-order valence-corrected chi connectivity index (χ4v) is 2.59. The highest BCUT2D eigenvalue weighted by Crippen LogP contribution is 2.40. The monoisotopic (exact) mass is 341 g/mol. The molecule has 0 aromatic heterocycles. The van der Waals surface area contributed by atoms with Crippen molar-refractivity contribution in [3.05, 3.63) is 53.6 Å². The molecule has 0 saturated heterocycles. The van der Waals surface area contributed by atoms with Crippen LogP contribution in [0, 0.1) is 0 Å². The van der Waals surface area contributed by atoms with Gasteiger partial charge in [-0.3, -0.25) is 4.79 Å². The molecule has 0 N–H and O–H groups in total. The van der Waals surface area contributed by atoms with Gasteiger partial charge in [-0.2, -0.15) is 0 Å². The summed E-state index contributed by atoms with van der Waals surface area (Å²) < 4.78 is 16.0. The smallest absolute Gasteiger partial charge is 0.204 e. The number of rotatable bonds is 7. The van der Waals surface area contributed by atoms with E-state index in [0.29, 0.717) is 22.8 Å². The molecule has 0 atom stereocenters. The first-order valence-corrected chi connectivity index (χ1v) is 7.81. The Bertz CT molecular complexity index is 781. The van der Waals surface area contributed by atoms with Crippen molar-refractivity contribution in [3.8, 4) is 17.2 Å². The molecule has 2 aromatic carbocycles. The van der Waals surface area contributed by atoms with Gasteiger partial charge in [-0.05, 0) is 35.9 Å². The maximum atomic E-state index is 12.7. The first-order valence-electron chi connectivity index (χ1n) is 7.81. The van der Waals surface area contributed by atoms with Crippen molar-refractivity contribution in [2.75, 3.05) is 40.3 Å². The molecular formula is C20H23NO4. The van der Waals surface area contributed by atoms with Crippen LogP contribution in [-0.4, -0.2) is 41.2 Å². The zero-order valence-corrected chi connectivity index (χ0v) is 15.2. The van der Waals surface area contributed by atoms with Crippen molar-refractivity contribution in [1.82, 2.24) is 0 Å². The number of ether oxygens (including phenoxy) is 3. The average Bonchev–Trinajstić information content (AvgIpc) is 2.64. The number of para-hydroxylation sites is 1. The van der Waals surface area contributed by atoms with Crippen LogP contribution < -0.4 is 19.1 Å². The minimum atomic E-state index is -0.175. The molecule has 5 heteroatoms. The molecule has 0 aliphatic rings. The Balaban J connectivity index is 2.39. The Morgan fingerprint density at radius 3 is 2.20 bits per heavy atom. The van der Waals surface area contributed by atoms with Crippen molar-refractivity contribution in [3.63, 3.8) is 0 Å². The van der Waals surface area contributed by atoms with E-state index in [2.05, 4.69) is 0 Å². The van der Waals surface area contributed by atoms with Crippen molar-refractivity contribution in [2.24, 2.45) is 0 Å². The van der Waals surface area contributed by atoms with Crippen LogP contribution in [0.4, 0.5) is 5.69 Å². The van der Waals surface area contributed by atoms with Crippen LogP contribution in [-0.2, 0) is 0 Å². The van der Waals surface area contributed by atoms with Gasteiger partial charge in [-0.1, -0.05) is 18.2 Å². The van der Waals surface area contributed by atoms with E-state index in [1.807, 2.05) is 43.3 Å². The molecule has 0 saturated carbocycles. The summed E-state index contributed by atoms with van der Waals surface area (Å²) in [5.41, 5.74) is 2.41. The molecular weight excluding hydrogens is 318 g/mol. The second-order valence-corrected chi connectivity index (χ2v) is 5.53. The Morgan fingerprint density at radius 1 is 0.920 bits per heavy atom. The fourth-order valence-electron chi connectivity index (χ4n) is 2.59. The van der Waals surface area contributed by atoms with E-state index in [0.717, 1.165) is 11.3 Å². The van der Waals surface area contributed by atoms with Gasteiger partial charge < -0.3 is 19.1 Å². The van der Waals surface area contributed by atoms with Gasteiger partial charge in [-0.25, -0.2) is 0 Å². The molecule has 0 amide bonds. The zero-order chi connectivity index (χ0) is 18.4. The molecule has 0 heterocycles. The van der Waals surface area contributed by atoms with Crippen molar-refractivity contribution in [2.45, 2.75) is 0 Å². The third kappa shape index (κ3) is 3.94. The Labute approximate surface area is 148 Å². The lowest BCUT2D eigenvalue weighted by atomic mass is 10.1. The van der Waals surface area contributed by atoms with Gasteiger partial charge in [0.2, 0.25) is 5.75 Å². The normalized spacial score (nSPS) is 10.6. The molecule has 0 fully saturated rings. The molecule has 0 spiro atoms. The number of hydrogen-bond donors (Lipinski definition) is 0. The number of benzene rings is 2. The Kier molecular flexibility index (Phi) is 6.06. The van der Waals surface area contributed by atoms with Crippen LogP contribution in [0.5, 0.6) is 17.2 Å². The minimum absolute atomic E-state index is 0.175. The van der Waals surface area contributed by atoms with E-state index in [9.17, 15) is 4.79 Å². The summed E-state index contributed by atoms with van der Waals surface area (Å²) in [5, 5.41) is 0. The Hall–Kier alpha value is -2.95. The Morgan fingerprint density at radius 2 is 1.60 bits per heavy atom. The molecule has 0 aliphatic heterocycles. The highest BCUT2D eigenvalue weighted by Gasteiger charge is 2.19. The van der Waals surface area contributed by atoms with Crippen LogP contribution in [0.3, 0.4) is 0 Å². The van der Waals surface area contributed by atoms with Crippen LogP contribution >= 0.6 is 0 Å². The van der Waals surface area contributed by atoms with Gasteiger partial charge in [0.1, 0.15) is 0 Å². The predicted octanol–water partition coefficient (Wildman–Crippen LogP) is 3.67. The van der Waals surface area contributed by atoms with E-state index < -0.39 is 0 Å². The van der Waals surface area contributed by atoms with Gasteiger partial charge in [0.05, 0.1) is 26.9 Å². The maximum absolute atomic E-state index is 12.7. The standard InChI is InChI=1S/C20H23NO4/c1-21(2)16-9-7-6-8-14(16)10-12-17(22)15-11-13-18(23-3)20(25-5)19(15)24-4/h6-13H,1-5H3/b12-10+. The second-order valence-electron chi connectivity index (χ2n) is 5.53. The zero-order valence-electron chi connectivity index (χ0n) is 15.2. The second kappa shape index (κ2) is 8.24. The van der Waals surface area contributed by atoms with E-state index in [1.54, 1.807) is 18.2 Å². The van der Waals surface area contributed by atoms with E-state index in [4.69, 9.17) is 14.2 Å². The van der Waals surface area contributed by atoms with Crippen molar-refractivity contribution < 1.29 is 19.0 Å². The summed E-state index contributed by atoms with van der Waals surface area (Å²) >= 11 is 0. The quantitative estimate of drug-likeness (QED) is 0.568. The summed E-state index contributed by atoms with van der Waals surface area (Å²) in [4.78, 5) is 14.7. The lowest BCUT2D eigenvalue weighted by molar-refractivity contribution is 0.104. The SMILES string of the molecule is COc1ccc(C(=O)/C=C/c2ccccc2N(C)C)c(OC)c1OC. The maximum Gasteiger partial charge on any atom is 0.204 e. The highest BCUT2D eigenvalue weighted by molar-refractivity contribution is 6.09. The molecule has 0 bridgehead atoms. The van der Waals surface area contributed by atoms with E-state index in [1.165, 1.54) is 27.4 Å². The van der Waals surface area contributed by atoms with Gasteiger partial charge in [0.15, 0.2) is 17.3 Å². The molecule has 0 unspecified atom stereocenters. The first kappa shape index (κ1) is 18.4. The molecule has 5 nitrogen and oxygen atoms in total. The molecule has 132 valence electrons. The number of allylic oxidation sites excluding steroid dienone is 1. The third-order valence-corrected chi connectivity index (χ3v) is 3.80. The van der Waals surface area contributed by atoms with Crippen LogP contribution in [0.1, 0.15) is 15.9 Å². The summed E-state index contributed by atoms with van der Waals surface area (Å²) in [5.74, 6) is 1.10. The topological polar surface area (TPSA) is 48.0 Å². The average molecular weight is 341 g/mol. The number of hydrogen-bond acceptors (Lipinski definition) is 5. The van der Waals surface area contributed by atoms with Gasteiger partial charge in [0, 0.05) is 19.8 Å². The van der Waals surface area contributed by atoms with Crippen LogP contribution in [0.25, 0.3) is 6.08 Å². The number of carbonyl (C=O) groups excluding carboxylic acids is 1. The largest absolute Gasteiger partial charge is 0.493 e. The summed E-state index contributed by atoms with van der Waals surface area (Å²) in [6.45, 7) is 0. The fraction of sp³-hybridized carbons (Fsp3) is 0.250. The summed E-state index contributed by atoms with van der Waals surface area (Å²) in [6, 6.07) is 11.2. The minimum Gasteiger partial charge on any atom is -0.493 e. The number of ketones is 1. The molecule has 0 radical (unpaired) electrons. The number of carbonyl (C=O) groups is 1. The number of methoxy groups -OCH3 is 3. The highest BCUT2D eigenvalue weighted by atomic mass is 16.5. The third-order valence-electron chi connectivity index (χ3n) is 3.80. The van der Waals surface area contributed by atoms with Crippen molar-refractivity contribution >= 4 is 17.5 Å². The van der Waals surface area contributed by atoms with Crippen LogP contribution in [0.15, 0.2) is 42.5 Å². The molecule has 0 aliphatic carbocycles. The van der Waals surface area contributed by atoms with Crippen molar-refractivity contribution in [1.29, 1.82) is 0 Å². The van der Waals surface area contributed by atoms with E-state index in [-0.39, 0.29) is 5.78 Å². The number of nitrogens with zero attached hydrogens (tertiary/aromatic N) is 1. The first-order chi connectivity index (χ1) is 12.0. The lowest BCUT2D eigenvalue weighted by Crippen LogP contribution is -2.09. The predicted molar refractivity (Wildman–Crippen MR) is 100 cm³/mol. The number of anilines is 1. The summed E-state index contributed by atoms with van der Waals surface area (Å²) in [7, 11) is 8.48. The van der Waals surface area contributed by atoms with Gasteiger partial charge >= 0.3 is 0 Å². The molecule has 2 aromatic rings. The molecule has 2 rings (SSSR count). The van der Waals surface area contributed by atoms with Crippen LogP contribution in [0.2, 0.25) is 0 Å². The van der Waals surface area contributed by atoms with Gasteiger partial charge in [0.25, 0.3) is 0 Å². The lowest BCUT2D eigenvalue weighted by Gasteiger charge is -2.15. The van der Waals surface area contributed by atoms with E-state index >= 15 is 0 Å².